The van der Waals surface area contributed by atoms with Crippen molar-refractivity contribution in [3.05, 3.63) is 46.1 Å². The van der Waals surface area contributed by atoms with Crippen molar-refractivity contribution < 1.29 is 25.2 Å². The molecule has 0 heterocycles. The lowest BCUT2D eigenvalue weighted by molar-refractivity contribution is -0.146. The molecule has 1 saturated carbocycles. The predicted molar refractivity (Wildman–Crippen MR) is 144 cm³/mol. The molecule has 0 saturated heterocycles. The second-order valence-electron chi connectivity index (χ2n) is 11.0. The molecule has 1 aliphatic carbocycles. The maximum atomic E-state index is 11.6. The summed E-state index contributed by atoms with van der Waals surface area (Å²) in [6.07, 6.45) is 12.5. The average Bonchev–Trinajstić information content (AvgIpc) is 2.77. The fourth-order valence-electron chi connectivity index (χ4n) is 5.66. The van der Waals surface area contributed by atoms with Gasteiger partial charge >= 0.3 is 0 Å². The molecular formula is C30H50O5. The van der Waals surface area contributed by atoms with E-state index in [1.807, 2.05) is 13.0 Å². The Balaban J connectivity index is 3.00. The number of aldehydes is 1. The van der Waals surface area contributed by atoms with Gasteiger partial charge in [-0.1, -0.05) is 40.5 Å². The highest BCUT2D eigenvalue weighted by Crippen LogP contribution is 2.55. The van der Waals surface area contributed by atoms with Gasteiger partial charge in [0, 0.05) is 12.0 Å². The van der Waals surface area contributed by atoms with E-state index in [1.165, 1.54) is 11.1 Å². The molecule has 5 nitrogen and oxygen atoms in total. The number of hydrogen-bond donors (Lipinski definition) is 4. The van der Waals surface area contributed by atoms with E-state index >= 15 is 0 Å². The van der Waals surface area contributed by atoms with Gasteiger partial charge in [-0.3, -0.25) is 4.79 Å². The van der Waals surface area contributed by atoms with Gasteiger partial charge in [-0.15, -0.1) is 0 Å². The van der Waals surface area contributed by atoms with Gasteiger partial charge in [-0.25, -0.2) is 0 Å². The van der Waals surface area contributed by atoms with Crippen molar-refractivity contribution >= 4 is 6.29 Å². The van der Waals surface area contributed by atoms with Crippen LogP contribution >= 0.6 is 0 Å². The van der Waals surface area contributed by atoms with Gasteiger partial charge in [0.2, 0.25) is 0 Å². The van der Waals surface area contributed by atoms with Gasteiger partial charge in [0.05, 0.1) is 18.3 Å². The minimum atomic E-state index is -1.08. The van der Waals surface area contributed by atoms with E-state index in [0.29, 0.717) is 50.5 Å². The van der Waals surface area contributed by atoms with Crippen LogP contribution in [-0.4, -0.2) is 51.6 Å². The van der Waals surface area contributed by atoms with Crippen LogP contribution in [0.1, 0.15) is 99.3 Å². The summed E-state index contributed by atoms with van der Waals surface area (Å²) in [5.74, 6) is -0.167. The Morgan fingerprint density at radius 3 is 2.34 bits per heavy atom. The zero-order valence-corrected chi connectivity index (χ0v) is 22.9. The standard InChI is InChI=1S/C30H50O5/c1-22(2)10-7-11-23(3)18-26(34)19-24(4)12-8-15-30(21-33)28(13-9-17-31)27(25(5)20-32)14-16-29(30,6)35/h10,12,18,20,26,28,31,33-35H,7-9,11,13-17,19,21H2,1-6H3/b23-18+,24-12+,27-25+/t26?,28-,29+,30-/m1/s1. The molecule has 1 fully saturated rings. The molecule has 1 rings (SSSR count). The third-order valence-electron chi connectivity index (χ3n) is 7.84. The molecule has 4 N–H and O–H groups in total. The van der Waals surface area contributed by atoms with Gasteiger partial charge in [0.25, 0.3) is 0 Å². The lowest BCUT2D eigenvalue weighted by atomic mass is 9.53. The number of aliphatic hydroxyl groups excluding tert-OH is 3. The monoisotopic (exact) mass is 490 g/mol. The van der Waals surface area contributed by atoms with Crippen LogP contribution in [0.3, 0.4) is 0 Å². The zero-order chi connectivity index (χ0) is 26.6. The third kappa shape index (κ3) is 9.13. The Morgan fingerprint density at radius 2 is 1.77 bits per heavy atom. The maximum Gasteiger partial charge on any atom is 0.145 e. The smallest absolute Gasteiger partial charge is 0.145 e. The molecule has 0 amide bonds. The Kier molecular flexibility index (Phi) is 13.4. The molecule has 0 bridgehead atoms. The predicted octanol–water partition coefficient (Wildman–Crippen LogP) is 5.58. The summed E-state index contributed by atoms with van der Waals surface area (Å²) in [4.78, 5) is 11.6. The number of allylic oxidation sites excluding steroid dienone is 6. The first-order chi connectivity index (χ1) is 16.4. The van der Waals surface area contributed by atoms with Crippen LogP contribution in [0.15, 0.2) is 46.1 Å². The van der Waals surface area contributed by atoms with E-state index in [4.69, 9.17) is 0 Å². The van der Waals surface area contributed by atoms with Crippen molar-refractivity contribution in [3.8, 4) is 0 Å². The van der Waals surface area contributed by atoms with Gasteiger partial charge < -0.3 is 20.4 Å². The van der Waals surface area contributed by atoms with Gasteiger partial charge in [-0.05, 0) is 111 Å². The molecule has 4 atom stereocenters. The van der Waals surface area contributed by atoms with Crippen LogP contribution in [0, 0.1) is 11.3 Å². The zero-order valence-electron chi connectivity index (χ0n) is 22.9. The van der Waals surface area contributed by atoms with Crippen LogP contribution in [0.4, 0.5) is 0 Å². The molecule has 35 heavy (non-hydrogen) atoms. The first kappa shape index (κ1) is 31.5. The van der Waals surface area contributed by atoms with E-state index in [-0.39, 0.29) is 19.1 Å². The minimum Gasteiger partial charge on any atom is -0.396 e. The first-order valence-electron chi connectivity index (χ1n) is 13.2. The van der Waals surface area contributed by atoms with Crippen LogP contribution < -0.4 is 0 Å². The van der Waals surface area contributed by atoms with Crippen LogP contribution in [-0.2, 0) is 4.79 Å². The van der Waals surface area contributed by atoms with Gasteiger partial charge in [-0.2, -0.15) is 0 Å². The lowest BCUT2D eigenvalue weighted by Gasteiger charge is -2.54. The SMILES string of the molecule is CC(C)=CCC/C(C)=C/C(O)C/C(C)=C/CC[C@@]1(CO)[C@H](CCCO)/C(=C(\C)C=O)CC[C@]1(C)O. The van der Waals surface area contributed by atoms with Gasteiger partial charge in [0.1, 0.15) is 6.29 Å². The molecule has 1 aliphatic rings. The maximum absolute atomic E-state index is 11.6. The molecule has 0 aliphatic heterocycles. The first-order valence-corrected chi connectivity index (χ1v) is 13.2. The molecular weight excluding hydrogens is 440 g/mol. The molecule has 0 aromatic rings. The molecule has 0 spiro atoms. The molecule has 0 aromatic heterocycles. The summed E-state index contributed by atoms with van der Waals surface area (Å²) >= 11 is 0. The summed E-state index contributed by atoms with van der Waals surface area (Å²) in [7, 11) is 0. The van der Waals surface area contributed by atoms with Crippen LogP contribution in [0.25, 0.3) is 0 Å². The Bertz CT molecular complexity index is 798. The second-order valence-corrected chi connectivity index (χ2v) is 11.0. The van der Waals surface area contributed by atoms with Crippen molar-refractivity contribution in [2.24, 2.45) is 11.3 Å². The quantitative estimate of drug-likeness (QED) is 0.145. The average molecular weight is 491 g/mol. The molecule has 200 valence electrons. The molecule has 0 radical (unpaired) electrons. The number of carbonyl (C=O) groups excluding carboxylic acids is 1. The van der Waals surface area contributed by atoms with E-state index in [0.717, 1.165) is 30.3 Å². The molecule has 0 aromatic carbocycles. The van der Waals surface area contributed by atoms with E-state index in [1.54, 1.807) is 13.8 Å². The largest absolute Gasteiger partial charge is 0.396 e. The summed E-state index contributed by atoms with van der Waals surface area (Å²) < 4.78 is 0. The summed E-state index contributed by atoms with van der Waals surface area (Å²) in [5, 5.41) is 42.0. The Hall–Kier alpha value is -1.53. The van der Waals surface area contributed by atoms with Crippen molar-refractivity contribution in [2.45, 2.75) is 111 Å². The summed E-state index contributed by atoms with van der Waals surface area (Å²) in [6, 6.07) is 0. The summed E-state index contributed by atoms with van der Waals surface area (Å²) in [6.45, 7) is 11.7. The highest BCUT2D eigenvalue weighted by molar-refractivity contribution is 5.74. The lowest BCUT2D eigenvalue weighted by Crippen LogP contribution is -2.56. The number of hydrogen-bond acceptors (Lipinski definition) is 5. The third-order valence-corrected chi connectivity index (χ3v) is 7.84. The highest BCUT2D eigenvalue weighted by Gasteiger charge is 2.54. The van der Waals surface area contributed by atoms with Crippen molar-refractivity contribution in [2.75, 3.05) is 13.2 Å². The highest BCUT2D eigenvalue weighted by atomic mass is 16.3. The van der Waals surface area contributed by atoms with Crippen molar-refractivity contribution in [3.63, 3.8) is 0 Å². The number of carbonyl (C=O) groups is 1. The van der Waals surface area contributed by atoms with Gasteiger partial charge in [0.15, 0.2) is 0 Å². The van der Waals surface area contributed by atoms with E-state index < -0.39 is 17.1 Å². The van der Waals surface area contributed by atoms with Crippen molar-refractivity contribution in [1.82, 2.24) is 0 Å². The van der Waals surface area contributed by atoms with Crippen LogP contribution in [0.5, 0.6) is 0 Å². The van der Waals surface area contributed by atoms with E-state index in [2.05, 4.69) is 32.9 Å². The Labute approximate surface area is 213 Å². The topological polar surface area (TPSA) is 98.0 Å². The fourth-order valence-corrected chi connectivity index (χ4v) is 5.66. The Morgan fingerprint density at radius 1 is 1.09 bits per heavy atom. The van der Waals surface area contributed by atoms with Crippen LogP contribution in [0.2, 0.25) is 0 Å². The summed E-state index contributed by atoms with van der Waals surface area (Å²) in [5.41, 5.74) is 3.34. The minimum absolute atomic E-state index is 0.0335. The number of aliphatic hydroxyl groups is 4. The normalized spacial score (nSPS) is 28.0. The molecule has 1 unspecified atom stereocenters. The van der Waals surface area contributed by atoms with Crippen molar-refractivity contribution in [1.29, 1.82) is 0 Å². The fraction of sp³-hybridized carbons (Fsp3) is 0.700. The van der Waals surface area contributed by atoms with E-state index in [9.17, 15) is 25.2 Å². The molecule has 5 heteroatoms. The second kappa shape index (κ2) is 14.9. The number of rotatable bonds is 14.